The summed E-state index contributed by atoms with van der Waals surface area (Å²) in [7, 11) is 0. The van der Waals surface area contributed by atoms with Crippen LogP contribution < -0.4 is 15.2 Å². The van der Waals surface area contributed by atoms with Gasteiger partial charge in [0.1, 0.15) is 13.2 Å². The second kappa shape index (κ2) is 6.69. The number of ether oxygens (including phenoxy) is 2. The van der Waals surface area contributed by atoms with Crippen molar-refractivity contribution >= 4 is 5.96 Å². The van der Waals surface area contributed by atoms with Crippen molar-refractivity contribution in [3.63, 3.8) is 0 Å². The molecule has 0 aliphatic carbocycles. The van der Waals surface area contributed by atoms with E-state index >= 15 is 0 Å². The third-order valence-electron chi connectivity index (χ3n) is 4.64. The number of piperidine rings is 1. The van der Waals surface area contributed by atoms with Gasteiger partial charge in [0.05, 0.1) is 6.54 Å². The predicted molar refractivity (Wildman–Crippen MR) is 92.4 cm³/mol. The number of benzene rings is 1. The summed E-state index contributed by atoms with van der Waals surface area (Å²) in [6.07, 6.45) is 3.72. The molecule has 1 aromatic carbocycles. The first-order chi connectivity index (χ1) is 11.1. The normalized spacial score (nSPS) is 18.9. The van der Waals surface area contributed by atoms with Crippen molar-refractivity contribution in [2.75, 3.05) is 32.8 Å². The molecular formula is C18H27N3O2. The van der Waals surface area contributed by atoms with E-state index in [1.54, 1.807) is 0 Å². The van der Waals surface area contributed by atoms with Crippen molar-refractivity contribution in [1.29, 1.82) is 0 Å². The summed E-state index contributed by atoms with van der Waals surface area (Å²) in [5, 5.41) is 0. The second-order valence-corrected chi connectivity index (χ2v) is 6.96. The maximum absolute atomic E-state index is 6.18. The van der Waals surface area contributed by atoms with E-state index in [4.69, 9.17) is 15.2 Å². The Morgan fingerprint density at radius 1 is 1.13 bits per heavy atom. The molecule has 126 valence electrons. The highest BCUT2D eigenvalue weighted by atomic mass is 16.6. The summed E-state index contributed by atoms with van der Waals surface area (Å²) < 4.78 is 11.3. The van der Waals surface area contributed by atoms with E-state index in [1.807, 2.05) is 6.07 Å². The van der Waals surface area contributed by atoms with Crippen LogP contribution in [0.5, 0.6) is 11.5 Å². The van der Waals surface area contributed by atoms with E-state index in [-0.39, 0.29) is 5.41 Å². The van der Waals surface area contributed by atoms with Gasteiger partial charge in [-0.1, -0.05) is 19.9 Å². The molecule has 1 aromatic rings. The number of guanidine groups is 1. The highest BCUT2D eigenvalue weighted by molar-refractivity contribution is 5.78. The SMILES string of the molecule is CC(C)(CN=C(N)N1CCCCC1)c1ccc2c(c1)OCCO2. The molecule has 2 heterocycles. The molecule has 0 atom stereocenters. The van der Waals surface area contributed by atoms with Crippen molar-refractivity contribution in [1.82, 2.24) is 4.90 Å². The molecule has 0 amide bonds. The van der Waals surface area contributed by atoms with Gasteiger partial charge in [-0.15, -0.1) is 0 Å². The molecule has 1 saturated heterocycles. The van der Waals surface area contributed by atoms with Crippen LogP contribution in [0.3, 0.4) is 0 Å². The van der Waals surface area contributed by atoms with Gasteiger partial charge in [0.15, 0.2) is 17.5 Å². The molecule has 3 rings (SSSR count). The fourth-order valence-electron chi connectivity index (χ4n) is 3.06. The molecule has 1 fully saturated rings. The van der Waals surface area contributed by atoms with Crippen LogP contribution in [0.25, 0.3) is 0 Å². The van der Waals surface area contributed by atoms with Crippen molar-refractivity contribution in [3.05, 3.63) is 23.8 Å². The molecule has 0 bridgehead atoms. The number of nitrogens with two attached hydrogens (primary N) is 1. The predicted octanol–water partition coefficient (Wildman–Crippen LogP) is 2.54. The van der Waals surface area contributed by atoms with Crippen LogP contribution in [-0.2, 0) is 5.41 Å². The van der Waals surface area contributed by atoms with Crippen molar-refractivity contribution < 1.29 is 9.47 Å². The van der Waals surface area contributed by atoms with Crippen LogP contribution in [0.1, 0.15) is 38.7 Å². The minimum Gasteiger partial charge on any atom is -0.486 e. The maximum Gasteiger partial charge on any atom is 0.191 e. The third kappa shape index (κ3) is 3.71. The Kier molecular flexibility index (Phi) is 4.64. The van der Waals surface area contributed by atoms with Crippen LogP contribution in [0, 0.1) is 0 Å². The standard InChI is InChI=1S/C18H27N3O2/c1-18(2,13-20-17(19)21-8-4-3-5-9-21)14-6-7-15-16(12-14)23-11-10-22-15/h6-7,12H,3-5,8-11,13H2,1-2H3,(H2,19,20). The molecular weight excluding hydrogens is 290 g/mol. The molecule has 2 N–H and O–H groups in total. The van der Waals surface area contributed by atoms with Gasteiger partial charge >= 0.3 is 0 Å². The van der Waals surface area contributed by atoms with Gasteiger partial charge in [-0.05, 0) is 37.0 Å². The lowest BCUT2D eigenvalue weighted by atomic mass is 9.84. The number of likely N-dealkylation sites (tertiary alicyclic amines) is 1. The molecule has 0 aromatic heterocycles. The highest BCUT2D eigenvalue weighted by Crippen LogP contribution is 2.35. The molecule has 0 saturated carbocycles. The lowest BCUT2D eigenvalue weighted by molar-refractivity contribution is 0.171. The number of hydrogen-bond donors (Lipinski definition) is 1. The summed E-state index contributed by atoms with van der Waals surface area (Å²) in [5.41, 5.74) is 7.27. The zero-order valence-corrected chi connectivity index (χ0v) is 14.2. The van der Waals surface area contributed by atoms with Crippen LogP contribution >= 0.6 is 0 Å². The average molecular weight is 317 g/mol. The van der Waals surface area contributed by atoms with E-state index in [0.717, 1.165) is 24.6 Å². The average Bonchev–Trinajstić information content (AvgIpc) is 2.60. The first-order valence-electron chi connectivity index (χ1n) is 8.51. The number of fused-ring (bicyclic) bond motifs is 1. The minimum absolute atomic E-state index is 0.101. The van der Waals surface area contributed by atoms with E-state index in [2.05, 4.69) is 35.9 Å². The number of hydrogen-bond acceptors (Lipinski definition) is 3. The van der Waals surface area contributed by atoms with Gasteiger partial charge in [-0.2, -0.15) is 0 Å². The summed E-state index contributed by atoms with van der Waals surface area (Å²) in [5.74, 6) is 2.33. The number of rotatable bonds is 3. The molecule has 5 nitrogen and oxygen atoms in total. The number of nitrogens with zero attached hydrogens (tertiary/aromatic N) is 2. The first kappa shape index (κ1) is 16.0. The van der Waals surface area contributed by atoms with Crippen molar-refractivity contribution in [2.24, 2.45) is 10.7 Å². The molecule has 0 radical (unpaired) electrons. The van der Waals surface area contributed by atoms with E-state index < -0.39 is 0 Å². The number of aliphatic imine (C=N–C) groups is 1. The first-order valence-corrected chi connectivity index (χ1v) is 8.51. The summed E-state index contributed by atoms with van der Waals surface area (Å²) in [4.78, 5) is 6.85. The Morgan fingerprint density at radius 2 is 1.83 bits per heavy atom. The van der Waals surface area contributed by atoms with Crippen molar-refractivity contribution in [3.8, 4) is 11.5 Å². The monoisotopic (exact) mass is 317 g/mol. The largest absolute Gasteiger partial charge is 0.486 e. The van der Waals surface area contributed by atoms with Crippen LogP contribution in [-0.4, -0.2) is 43.7 Å². The zero-order valence-electron chi connectivity index (χ0n) is 14.2. The Hall–Kier alpha value is -1.91. The smallest absolute Gasteiger partial charge is 0.191 e. The van der Waals surface area contributed by atoms with Gasteiger partial charge < -0.3 is 20.1 Å². The zero-order chi connectivity index (χ0) is 16.3. The Balaban J connectivity index is 1.70. The van der Waals surface area contributed by atoms with E-state index in [0.29, 0.717) is 25.7 Å². The minimum atomic E-state index is -0.101. The van der Waals surface area contributed by atoms with Crippen molar-refractivity contribution in [2.45, 2.75) is 38.5 Å². The van der Waals surface area contributed by atoms with Crippen LogP contribution in [0.4, 0.5) is 0 Å². The molecule has 23 heavy (non-hydrogen) atoms. The Morgan fingerprint density at radius 3 is 2.57 bits per heavy atom. The third-order valence-corrected chi connectivity index (χ3v) is 4.64. The van der Waals surface area contributed by atoms with Gasteiger partial charge in [0, 0.05) is 18.5 Å². The quantitative estimate of drug-likeness (QED) is 0.687. The summed E-state index contributed by atoms with van der Waals surface area (Å²) >= 11 is 0. The summed E-state index contributed by atoms with van der Waals surface area (Å²) in [6, 6.07) is 6.16. The molecule has 2 aliphatic rings. The molecule has 0 spiro atoms. The van der Waals surface area contributed by atoms with E-state index in [9.17, 15) is 0 Å². The van der Waals surface area contributed by atoms with E-state index in [1.165, 1.54) is 24.8 Å². The van der Waals surface area contributed by atoms with Crippen LogP contribution in [0.15, 0.2) is 23.2 Å². The molecule has 0 unspecified atom stereocenters. The highest BCUT2D eigenvalue weighted by Gasteiger charge is 2.24. The lowest BCUT2D eigenvalue weighted by Crippen LogP contribution is -2.41. The van der Waals surface area contributed by atoms with Gasteiger partial charge in [-0.3, -0.25) is 4.99 Å². The lowest BCUT2D eigenvalue weighted by Gasteiger charge is -2.29. The maximum atomic E-state index is 6.18. The Bertz CT molecular complexity index is 578. The topological polar surface area (TPSA) is 60.1 Å². The fourth-order valence-corrected chi connectivity index (χ4v) is 3.06. The van der Waals surface area contributed by atoms with Gasteiger partial charge in [0.2, 0.25) is 0 Å². The van der Waals surface area contributed by atoms with Gasteiger partial charge in [-0.25, -0.2) is 0 Å². The fraction of sp³-hybridized carbons (Fsp3) is 0.611. The van der Waals surface area contributed by atoms with Crippen LogP contribution in [0.2, 0.25) is 0 Å². The molecule has 5 heteroatoms. The molecule has 2 aliphatic heterocycles. The Labute approximate surface area is 138 Å². The van der Waals surface area contributed by atoms with Gasteiger partial charge in [0.25, 0.3) is 0 Å². The summed E-state index contributed by atoms with van der Waals surface area (Å²) in [6.45, 7) is 8.31. The second-order valence-electron chi connectivity index (χ2n) is 6.96.